The molecule has 0 unspecified atom stereocenters. The van der Waals surface area contributed by atoms with Gasteiger partial charge < -0.3 is 15.4 Å². The van der Waals surface area contributed by atoms with Crippen LogP contribution in [0.3, 0.4) is 0 Å². The Labute approximate surface area is 142 Å². The Morgan fingerprint density at radius 2 is 1.70 bits per heavy atom. The van der Waals surface area contributed by atoms with Gasteiger partial charge in [0.25, 0.3) is 0 Å². The lowest BCUT2D eigenvalue weighted by molar-refractivity contribution is -0.105. The normalized spacial score (nSPS) is 11.0. The van der Waals surface area contributed by atoms with E-state index < -0.39 is 0 Å². The number of carbonyl (C=O) groups is 1. The highest BCUT2D eigenvalue weighted by molar-refractivity contribution is 8.00. The van der Waals surface area contributed by atoms with Crippen LogP contribution in [0.15, 0.2) is 47.4 Å². The molecule has 0 atom stereocenters. The largest absolute Gasteiger partial charge is 0.386 e. The second kappa shape index (κ2) is 7.42. The van der Waals surface area contributed by atoms with Crippen LogP contribution in [0.4, 0.5) is 17.1 Å². The molecular formula is C18H23N3OS. The number of carbonyl (C=O) groups excluding carboxylic acids is 1. The van der Waals surface area contributed by atoms with E-state index in [-0.39, 0.29) is 5.41 Å². The Morgan fingerprint density at radius 3 is 2.26 bits per heavy atom. The van der Waals surface area contributed by atoms with Gasteiger partial charge in [0.15, 0.2) is 0 Å². The number of benzene rings is 2. The zero-order valence-electron chi connectivity index (χ0n) is 13.9. The summed E-state index contributed by atoms with van der Waals surface area (Å²) in [6, 6.07) is 14.4. The van der Waals surface area contributed by atoms with Crippen molar-refractivity contribution in [3.63, 3.8) is 0 Å². The lowest BCUT2D eigenvalue weighted by Gasteiger charge is -2.19. The summed E-state index contributed by atoms with van der Waals surface area (Å²) in [5.41, 5.74) is 4.03. The van der Waals surface area contributed by atoms with Crippen LogP contribution in [-0.2, 0) is 10.2 Å². The number of amides is 1. The van der Waals surface area contributed by atoms with Crippen molar-refractivity contribution in [3.8, 4) is 0 Å². The molecule has 0 aliphatic carbocycles. The third-order valence-electron chi connectivity index (χ3n) is 3.51. The highest BCUT2D eigenvalue weighted by Gasteiger charge is 2.12. The second-order valence-corrected chi connectivity index (χ2v) is 7.13. The maximum atomic E-state index is 10.7. The number of rotatable bonds is 6. The summed E-state index contributed by atoms with van der Waals surface area (Å²) in [5, 5.41) is 5.74. The summed E-state index contributed by atoms with van der Waals surface area (Å²) in [4.78, 5) is 11.8. The molecule has 0 aliphatic rings. The van der Waals surface area contributed by atoms with Gasteiger partial charge >= 0.3 is 0 Å². The SMILES string of the molecule is CNc1ccc(NSc2ccc(C(C)(C)C)cc2)cc1NC=O. The molecule has 4 nitrogen and oxygen atoms in total. The van der Waals surface area contributed by atoms with E-state index >= 15 is 0 Å². The van der Waals surface area contributed by atoms with E-state index in [1.54, 1.807) is 11.9 Å². The first-order chi connectivity index (χ1) is 10.9. The Balaban J connectivity index is 2.05. The van der Waals surface area contributed by atoms with Crippen molar-refractivity contribution in [2.75, 3.05) is 22.4 Å². The molecule has 0 fully saturated rings. The van der Waals surface area contributed by atoms with Crippen LogP contribution in [0.5, 0.6) is 0 Å². The topological polar surface area (TPSA) is 53.2 Å². The molecule has 0 aliphatic heterocycles. The Hall–Kier alpha value is -2.14. The molecule has 5 heteroatoms. The molecule has 0 heterocycles. The predicted molar refractivity (Wildman–Crippen MR) is 100 cm³/mol. The summed E-state index contributed by atoms with van der Waals surface area (Å²) in [7, 11) is 1.82. The van der Waals surface area contributed by atoms with Gasteiger partial charge in [-0.15, -0.1) is 0 Å². The van der Waals surface area contributed by atoms with Crippen LogP contribution in [-0.4, -0.2) is 13.5 Å². The molecule has 122 valence electrons. The maximum absolute atomic E-state index is 10.7. The Bertz CT molecular complexity index is 663. The smallest absolute Gasteiger partial charge is 0.211 e. The summed E-state index contributed by atoms with van der Waals surface area (Å²) < 4.78 is 3.30. The monoisotopic (exact) mass is 329 g/mol. The third-order valence-corrected chi connectivity index (χ3v) is 4.36. The minimum Gasteiger partial charge on any atom is -0.386 e. The van der Waals surface area contributed by atoms with E-state index in [1.165, 1.54) is 5.56 Å². The summed E-state index contributed by atoms with van der Waals surface area (Å²) in [5.74, 6) is 0. The van der Waals surface area contributed by atoms with E-state index in [2.05, 4.69) is 60.4 Å². The number of nitrogens with one attached hydrogen (secondary N) is 3. The van der Waals surface area contributed by atoms with E-state index in [1.807, 2.05) is 25.2 Å². The van der Waals surface area contributed by atoms with Gasteiger partial charge in [-0.3, -0.25) is 4.79 Å². The van der Waals surface area contributed by atoms with Crippen LogP contribution in [0, 0.1) is 0 Å². The van der Waals surface area contributed by atoms with Gasteiger partial charge in [0, 0.05) is 17.6 Å². The second-order valence-electron chi connectivity index (χ2n) is 6.25. The minimum absolute atomic E-state index is 0.162. The van der Waals surface area contributed by atoms with Crippen molar-refractivity contribution >= 4 is 35.4 Å². The van der Waals surface area contributed by atoms with Gasteiger partial charge in [-0.2, -0.15) is 0 Å². The lowest BCUT2D eigenvalue weighted by atomic mass is 9.87. The van der Waals surface area contributed by atoms with Crippen LogP contribution >= 0.6 is 11.9 Å². The summed E-state index contributed by atoms with van der Waals surface area (Å²) in [6.45, 7) is 6.62. The first kappa shape index (κ1) is 17.2. The zero-order chi connectivity index (χ0) is 16.9. The molecule has 2 aromatic rings. The fourth-order valence-corrected chi connectivity index (χ4v) is 2.78. The van der Waals surface area contributed by atoms with Crippen molar-refractivity contribution < 1.29 is 4.79 Å². The fourth-order valence-electron chi connectivity index (χ4n) is 2.15. The average molecular weight is 329 g/mol. The predicted octanol–water partition coefficient (Wildman–Crippen LogP) is 4.71. The van der Waals surface area contributed by atoms with E-state index in [9.17, 15) is 4.79 Å². The molecule has 2 aromatic carbocycles. The van der Waals surface area contributed by atoms with E-state index in [0.717, 1.165) is 22.0 Å². The van der Waals surface area contributed by atoms with Crippen LogP contribution < -0.4 is 15.4 Å². The molecule has 0 saturated carbocycles. The van der Waals surface area contributed by atoms with Gasteiger partial charge in [0.2, 0.25) is 6.41 Å². The van der Waals surface area contributed by atoms with Crippen molar-refractivity contribution in [1.29, 1.82) is 0 Å². The van der Waals surface area contributed by atoms with Crippen LogP contribution in [0.25, 0.3) is 0 Å². The van der Waals surface area contributed by atoms with Gasteiger partial charge in [0.05, 0.1) is 11.4 Å². The summed E-state index contributed by atoms with van der Waals surface area (Å²) in [6.07, 6.45) is 0.679. The highest BCUT2D eigenvalue weighted by Crippen LogP contribution is 2.29. The van der Waals surface area contributed by atoms with Crippen molar-refractivity contribution in [1.82, 2.24) is 0 Å². The number of anilines is 3. The molecule has 0 bridgehead atoms. The van der Waals surface area contributed by atoms with E-state index in [4.69, 9.17) is 0 Å². The third kappa shape index (κ3) is 4.66. The Kier molecular flexibility index (Phi) is 5.55. The highest BCUT2D eigenvalue weighted by atomic mass is 32.2. The molecule has 0 radical (unpaired) electrons. The quantitative estimate of drug-likeness (QED) is 0.530. The average Bonchev–Trinajstić information content (AvgIpc) is 2.53. The fraction of sp³-hybridized carbons (Fsp3) is 0.278. The van der Waals surface area contributed by atoms with Crippen molar-refractivity contribution in [2.45, 2.75) is 31.1 Å². The zero-order valence-corrected chi connectivity index (χ0v) is 14.8. The molecule has 2 rings (SSSR count). The van der Waals surface area contributed by atoms with E-state index in [0.29, 0.717) is 6.41 Å². The van der Waals surface area contributed by atoms with Crippen molar-refractivity contribution in [3.05, 3.63) is 48.0 Å². The molecule has 23 heavy (non-hydrogen) atoms. The molecule has 0 saturated heterocycles. The standard InChI is InChI=1S/C18H23N3OS/c1-18(2,3)13-5-8-15(9-6-13)23-21-14-7-10-16(19-4)17(11-14)20-12-22/h5-12,19,21H,1-4H3,(H,20,22). The molecule has 0 aromatic heterocycles. The van der Waals surface area contributed by atoms with Gasteiger partial charge in [-0.25, -0.2) is 0 Å². The minimum atomic E-state index is 0.162. The maximum Gasteiger partial charge on any atom is 0.211 e. The summed E-state index contributed by atoms with van der Waals surface area (Å²) >= 11 is 1.55. The molecule has 1 amide bonds. The number of hydrogen-bond donors (Lipinski definition) is 3. The van der Waals surface area contributed by atoms with Gasteiger partial charge in [-0.1, -0.05) is 32.9 Å². The molecular weight excluding hydrogens is 306 g/mol. The first-order valence-corrected chi connectivity index (χ1v) is 8.31. The van der Waals surface area contributed by atoms with Gasteiger partial charge in [0.1, 0.15) is 0 Å². The first-order valence-electron chi connectivity index (χ1n) is 7.49. The number of hydrogen-bond acceptors (Lipinski definition) is 4. The molecule has 0 spiro atoms. The van der Waals surface area contributed by atoms with Crippen molar-refractivity contribution in [2.24, 2.45) is 0 Å². The Morgan fingerprint density at radius 1 is 1.00 bits per heavy atom. The van der Waals surface area contributed by atoms with Crippen LogP contribution in [0.1, 0.15) is 26.3 Å². The lowest BCUT2D eigenvalue weighted by Crippen LogP contribution is -2.10. The molecule has 3 N–H and O–H groups in total. The van der Waals surface area contributed by atoms with Crippen LogP contribution in [0.2, 0.25) is 0 Å². The van der Waals surface area contributed by atoms with Gasteiger partial charge in [-0.05, 0) is 53.3 Å².